The van der Waals surface area contributed by atoms with Crippen molar-refractivity contribution in [2.24, 2.45) is 17.6 Å². The molecule has 70 valence electrons. The second-order valence-corrected chi connectivity index (χ2v) is 4.50. The molecule has 2 aliphatic carbocycles. The van der Waals surface area contributed by atoms with Crippen LogP contribution in [0.25, 0.3) is 0 Å². The fraction of sp³-hybridized carbons (Fsp3) is 1.00. The molecule has 1 atom stereocenters. The van der Waals surface area contributed by atoms with Gasteiger partial charge in [0, 0.05) is 6.04 Å². The molecule has 12 heavy (non-hydrogen) atoms. The fourth-order valence-electron chi connectivity index (χ4n) is 2.31. The minimum Gasteiger partial charge on any atom is -0.393 e. The molecule has 2 saturated carbocycles. The average molecular weight is 169 g/mol. The topological polar surface area (TPSA) is 46.2 Å². The maximum atomic E-state index is 9.86. The zero-order chi connectivity index (χ0) is 8.55. The van der Waals surface area contributed by atoms with Gasteiger partial charge in [0.1, 0.15) is 0 Å². The molecule has 2 heteroatoms. The number of hydrogen-bond acceptors (Lipinski definition) is 2. The van der Waals surface area contributed by atoms with E-state index in [9.17, 15) is 5.11 Å². The van der Waals surface area contributed by atoms with Gasteiger partial charge in [-0.2, -0.15) is 0 Å². The van der Waals surface area contributed by atoms with Gasteiger partial charge in [-0.05, 0) is 50.4 Å². The molecule has 0 aromatic carbocycles. The van der Waals surface area contributed by atoms with Crippen molar-refractivity contribution in [3.05, 3.63) is 0 Å². The van der Waals surface area contributed by atoms with Crippen molar-refractivity contribution in [2.45, 2.75) is 50.7 Å². The lowest BCUT2D eigenvalue weighted by atomic mass is 9.81. The highest BCUT2D eigenvalue weighted by Crippen LogP contribution is 2.39. The third-order valence-corrected chi connectivity index (χ3v) is 3.40. The van der Waals surface area contributed by atoms with Crippen LogP contribution in [0.1, 0.15) is 38.5 Å². The molecular weight excluding hydrogens is 150 g/mol. The molecule has 2 aliphatic rings. The summed E-state index contributed by atoms with van der Waals surface area (Å²) in [7, 11) is 0. The van der Waals surface area contributed by atoms with Crippen LogP contribution in [-0.4, -0.2) is 17.3 Å². The second kappa shape index (κ2) is 3.35. The first-order valence-electron chi connectivity index (χ1n) is 5.21. The monoisotopic (exact) mass is 169 g/mol. The Morgan fingerprint density at radius 2 is 1.33 bits per heavy atom. The van der Waals surface area contributed by atoms with Crippen molar-refractivity contribution in [1.82, 2.24) is 0 Å². The fourth-order valence-corrected chi connectivity index (χ4v) is 2.31. The Hall–Kier alpha value is -0.0800. The molecule has 0 amide bonds. The van der Waals surface area contributed by atoms with E-state index in [-0.39, 0.29) is 6.10 Å². The zero-order valence-corrected chi connectivity index (χ0v) is 7.58. The van der Waals surface area contributed by atoms with E-state index in [0.29, 0.717) is 17.9 Å². The molecule has 0 spiro atoms. The summed E-state index contributed by atoms with van der Waals surface area (Å²) in [5.41, 5.74) is 5.81. The molecular formula is C10H19NO. The van der Waals surface area contributed by atoms with Crippen LogP contribution in [0.15, 0.2) is 0 Å². The Kier molecular flexibility index (Phi) is 2.37. The maximum absolute atomic E-state index is 9.86. The summed E-state index contributed by atoms with van der Waals surface area (Å²) in [5.74, 6) is 1.21. The van der Waals surface area contributed by atoms with Crippen molar-refractivity contribution >= 4 is 0 Å². The first-order valence-corrected chi connectivity index (χ1v) is 5.21. The van der Waals surface area contributed by atoms with E-state index in [1.54, 1.807) is 0 Å². The molecule has 0 aliphatic heterocycles. The Bertz CT molecular complexity index is 148. The Labute approximate surface area is 74.1 Å². The van der Waals surface area contributed by atoms with Crippen LogP contribution in [0.5, 0.6) is 0 Å². The largest absolute Gasteiger partial charge is 0.393 e. The highest BCUT2D eigenvalue weighted by molar-refractivity contribution is 4.88. The van der Waals surface area contributed by atoms with E-state index in [1.807, 2.05) is 0 Å². The van der Waals surface area contributed by atoms with Gasteiger partial charge in [0.25, 0.3) is 0 Å². The summed E-state index contributed by atoms with van der Waals surface area (Å²) in [6.07, 6.45) is 7.05. The zero-order valence-electron chi connectivity index (χ0n) is 7.58. The van der Waals surface area contributed by atoms with Gasteiger partial charge >= 0.3 is 0 Å². The first-order chi connectivity index (χ1) is 5.77. The summed E-state index contributed by atoms with van der Waals surface area (Å²) in [4.78, 5) is 0. The normalized spacial score (nSPS) is 39.5. The quantitative estimate of drug-likeness (QED) is 0.654. The van der Waals surface area contributed by atoms with Gasteiger partial charge < -0.3 is 10.8 Å². The van der Waals surface area contributed by atoms with Gasteiger partial charge in [-0.1, -0.05) is 0 Å². The van der Waals surface area contributed by atoms with Crippen LogP contribution in [0.3, 0.4) is 0 Å². The van der Waals surface area contributed by atoms with Crippen LogP contribution < -0.4 is 5.73 Å². The lowest BCUT2D eigenvalue weighted by Crippen LogP contribution is -2.32. The van der Waals surface area contributed by atoms with Crippen molar-refractivity contribution in [3.8, 4) is 0 Å². The third kappa shape index (κ3) is 1.80. The maximum Gasteiger partial charge on any atom is 0.0596 e. The van der Waals surface area contributed by atoms with E-state index in [4.69, 9.17) is 5.73 Å². The molecule has 0 unspecified atom stereocenters. The highest BCUT2D eigenvalue weighted by Gasteiger charge is 2.36. The molecule has 0 aromatic rings. The smallest absolute Gasteiger partial charge is 0.0596 e. The summed E-state index contributed by atoms with van der Waals surface area (Å²) in [5, 5.41) is 9.86. The minimum atomic E-state index is -0.00231. The van der Waals surface area contributed by atoms with E-state index in [0.717, 1.165) is 25.7 Å². The summed E-state index contributed by atoms with van der Waals surface area (Å²) >= 11 is 0. The lowest BCUT2D eigenvalue weighted by Gasteiger charge is -2.29. The predicted octanol–water partition coefficient (Wildman–Crippen LogP) is 1.27. The first kappa shape index (κ1) is 8.52. The van der Waals surface area contributed by atoms with Crippen molar-refractivity contribution in [1.29, 1.82) is 0 Å². The van der Waals surface area contributed by atoms with E-state index in [2.05, 4.69) is 0 Å². The molecule has 0 heterocycles. The highest BCUT2D eigenvalue weighted by atomic mass is 16.3. The summed E-state index contributed by atoms with van der Waals surface area (Å²) < 4.78 is 0. The molecule has 0 bridgehead atoms. The Morgan fingerprint density at radius 3 is 1.75 bits per heavy atom. The van der Waals surface area contributed by atoms with Crippen LogP contribution in [0.4, 0.5) is 0 Å². The van der Waals surface area contributed by atoms with Crippen LogP contribution in [-0.2, 0) is 0 Å². The number of aliphatic hydroxyl groups is 1. The summed E-state index contributed by atoms with van der Waals surface area (Å²) in [6, 6.07) is 0.410. The SMILES string of the molecule is NC1CCC([C@H](O)C2CC2)CC1. The average Bonchev–Trinajstić information content (AvgIpc) is 2.87. The van der Waals surface area contributed by atoms with Crippen molar-refractivity contribution in [3.63, 3.8) is 0 Å². The predicted molar refractivity (Wildman–Crippen MR) is 48.7 cm³/mol. The van der Waals surface area contributed by atoms with Gasteiger partial charge in [-0.3, -0.25) is 0 Å². The van der Waals surface area contributed by atoms with Crippen molar-refractivity contribution in [2.75, 3.05) is 0 Å². The molecule has 3 N–H and O–H groups in total. The van der Waals surface area contributed by atoms with Crippen LogP contribution in [0.2, 0.25) is 0 Å². The standard InChI is InChI=1S/C10H19NO/c11-9-5-3-8(4-6-9)10(12)7-1-2-7/h7-10,12H,1-6,11H2/t8?,9?,10-/m1/s1. The van der Waals surface area contributed by atoms with Gasteiger partial charge in [0.15, 0.2) is 0 Å². The number of hydrogen-bond donors (Lipinski definition) is 2. The van der Waals surface area contributed by atoms with Gasteiger partial charge in [0.2, 0.25) is 0 Å². The number of aliphatic hydroxyl groups excluding tert-OH is 1. The summed E-state index contributed by atoms with van der Waals surface area (Å²) in [6.45, 7) is 0. The Morgan fingerprint density at radius 1 is 0.917 bits per heavy atom. The van der Waals surface area contributed by atoms with E-state index >= 15 is 0 Å². The number of rotatable bonds is 2. The molecule has 0 saturated heterocycles. The van der Waals surface area contributed by atoms with E-state index < -0.39 is 0 Å². The molecule has 2 rings (SSSR count). The van der Waals surface area contributed by atoms with Gasteiger partial charge in [-0.15, -0.1) is 0 Å². The van der Waals surface area contributed by atoms with E-state index in [1.165, 1.54) is 12.8 Å². The van der Waals surface area contributed by atoms with Gasteiger partial charge in [-0.25, -0.2) is 0 Å². The lowest BCUT2D eigenvalue weighted by molar-refractivity contribution is 0.0631. The molecule has 2 fully saturated rings. The molecule has 0 radical (unpaired) electrons. The second-order valence-electron chi connectivity index (χ2n) is 4.50. The van der Waals surface area contributed by atoms with Crippen LogP contribution in [0, 0.1) is 11.8 Å². The van der Waals surface area contributed by atoms with Gasteiger partial charge in [0.05, 0.1) is 6.10 Å². The van der Waals surface area contributed by atoms with Crippen molar-refractivity contribution < 1.29 is 5.11 Å². The minimum absolute atomic E-state index is 0.00231. The molecule has 2 nitrogen and oxygen atoms in total. The Balaban J connectivity index is 1.80. The molecule has 0 aromatic heterocycles. The third-order valence-electron chi connectivity index (χ3n) is 3.40. The number of nitrogens with two attached hydrogens (primary N) is 1. The van der Waals surface area contributed by atoms with Crippen LogP contribution >= 0.6 is 0 Å².